The van der Waals surface area contributed by atoms with E-state index in [1.807, 2.05) is 23.6 Å². The normalized spacial score (nSPS) is 10.7. The quantitative estimate of drug-likeness (QED) is 0.472. The summed E-state index contributed by atoms with van der Waals surface area (Å²) in [6.07, 6.45) is 1.36. The van der Waals surface area contributed by atoms with Crippen LogP contribution in [0.5, 0.6) is 0 Å². The Bertz CT molecular complexity index is 1370. The number of amides is 1. The summed E-state index contributed by atoms with van der Waals surface area (Å²) in [6.45, 7) is -0.213. The predicted octanol–water partition coefficient (Wildman–Crippen LogP) is 4.94. The van der Waals surface area contributed by atoms with E-state index in [0.29, 0.717) is 26.5 Å². The van der Waals surface area contributed by atoms with E-state index in [2.05, 4.69) is 10.3 Å². The number of hydrogen-bond donors (Lipinski definition) is 1. The van der Waals surface area contributed by atoms with Gasteiger partial charge in [0.1, 0.15) is 17.4 Å². The molecule has 0 atom stereocenters. The van der Waals surface area contributed by atoms with Crippen molar-refractivity contribution in [2.24, 2.45) is 0 Å². The lowest BCUT2D eigenvalue weighted by Gasteiger charge is -2.08. The van der Waals surface area contributed by atoms with Crippen molar-refractivity contribution in [3.8, 4) is 17.2 Å². The van der Waals surface area contributed by atoms with Gasteiger partial charge in [0, 0.05) is 21.7 Å². The van der Waals surface area contributed by atoms with Crippen LogP contribution in [0.15, 0.2) is 59.0 Å². The Morgan fingerprint density at radius 1 is 1.20 bits per heavy atom. The Labute approximate surface area is 184 Å². The summed E-state index contributed by atoms with van der Waals surface area (Å²) in [5, 5.41) is 14.8. The van der Waals surface area contributed by atoms with Crippen molar-refractivity contribution in [2.45, 2.75) is 6.54 Å². The lowest BCUT2D eigenvalue weighted by molar-refractivity contribution is -0.116. The van der Waals surface area contributed by atoms with E-state index in [9.17, 15) is 9.59 Å². The fraction of sp³-hybridized carbons (Fsp3) is 0.0476. The molecule has 0 unspecified atom stereocenters. The molecule has 0 fully saturated rings. The van der Waals surface area contributed by atoms with E-state index in [0.717, 1.165) is 11.1 Å². The number of nitriles is 1. The zero-order valence-electron chi connectivity index (χ0n) is 15.2. The van der Waals surface area contributed by atoms with Crippen LogP contribution in [0.3, 0.4) is 0 Å². The maximum absolute atomic E-state index is 13.0. The van der Waals surface area contributed by atoms with Crippen LogP contribution in [0.1, 0.15) is 5.56 Å². The summed E-state index contributed by atoms with van der Waals surface area (Å²) in [4.78, 5) is 30.4. The van der Waals surface area contributed by atoms with Crippen LogP contribution in [-0.4, -0.2) is 15.5 Å². The van der Waals surface area contributed by atoms with Gasteiger partial charge in [-0.2, -0.15) is 5.26 Å². The first kappa shape index (κ1) is 20.1. The first-order valence-electron chi connectivity index (χ1n) is 8.68. The fourth-order valence-corrected chi connectivity index (χ4v) is 4.22. The highest BCUT2D eigenvalue weighted by atomic mass is 35.5. The average Bonchev–Trinajstić information content (AvgIpc) is 3.16. The van der Waals surface area contributed by atoms with Crippen molar-refractivity contribution in [1.82, 2.24) is 9.55 Å². The third-order valence-corrected chi connectivity index (χ3v) is 5.85. The Hall–Kier alpha value is -3.18. The molecule has 0 bridgehead atoms. The van der Waals surface area contributed by atoms with Gasteiger partial charge >= 0.3 is 0 Å². The second kappa shape index (κ2) is 8.28. The second-order valence-corrected chi connectivity index (χ2v) is 8.07. The molecule has 0 aliphatic heterocycles. The number of carbonyl (C=O) groups excluding carboxylic acids is 1. The highest BCUT2D eigenvalue weighted by Crippen LogP contribution is 2.31. The van der Waals surface area contributed by atoms with Gasteiger partial charge < -0.3 is 5.32 Å². The Morgan fingerprint density at radius 3 is 2.67 bits per heavy atom. The number of nitrogens with one attached hydrogen (secondary N) is 1. The van der Waals surface area contributed by atoms with Gasteiger partial charge in [-0.1, -0.05) is 35.3 Å². The van der Waals surface area contributed by atoms with Crippen molar-refractivity contribution >= 4 is 56.3 Å². The van der Waals surface area contributed by atoms with Crippen molar-refractivity contribution in [1.29, 1.82) is 5.26 Å². The molecule has 0 spiro atoms. The smallest absolute Gasteiger partial charge is 0.263 e. The molecular weight excluding hydrogens is 443 g/mol. The highest BCUT2D eigenvalue weighted by Gasteiger charge is 2.15. The van der Waals surface area contributed by atoms with E-state index >= 15 is 0 Å². The summed E-state index contributed by atoms with van der Waals surface area (Å²) < 4.78 is 1.26. The SMILES string of the molecule is N#Cc1ccc(NC(=O)Cn2cnc3scc(-c4ccc(Cl)cc4)c3c2=O)cc1Cl. The second-order valence-electron chi connectivity index (χ2n) is 6.37. The molecule has 0 saturated heterocycles. The maximum atomic E-state index is 13.0. The summed E-state index contributed by atoms with van der Waals surface area (Å²) in [5.41, 5.74) is 2.03. The van der Waals surface area contributed by atoms with Crippen molar-refractivity contribution in [2.75, 3.05) is 5.32 Å². The molecule has 2 heterocycles. The Balaban J connectivity index is 1.62. The predicted molar refractivity (Wildman–Crippen MR) is 119 cm³/mol. The lowest BCUT2D eigenvalue weighted by atomic mass is 10.1. The third-order valence-electron chi connectivity index (χ3n) is 4.40. The van der Waals surface area contributed by atoms with Crippen LogP contribution in [-0.2, 0) is 11.3 Å². The summed E-state index contributed by atoms with van der Waals surface area (Å²) in [5.74, 6) is -0.415. The molecule has 0 radical (unpaired) electrons. The van der Waals surface area contributed by atoms with Crippen LogP contribution in [0.4, 0.5) is 5.69 Å². The van der Waals surface area contributed by atoms with E-state index in [1.54, 1.807) is 18.2 Å². The summed E-state index contributed by atoms with van der Waals surface area (Å²) >= 11 is 13.3. The van der Waals surface area contributed by atoms with Gasteiger partial charge in [0.05, 0.1) is 22.3 Å². The fourth-order valence-electron chi connectivity index (χ4n) is 2.96. The molecule has 4 aromatic rings. The van der Waals surface area contributed by atoms with Crippen molar-refractivity contribution < 1.29 is 4.79 Å². The number of anilines is 1. The summed E-state index contributed by atoms with van der Waals surface area (Å²) in [6, 6.07) is 13.7. The van der Waals surface area contributed by atoms with E-state index in [4.69, 9.17) is 28.5 Å². The molecule has 2 aromatic carbocycles. The summed E-state index contributed by atoms with van der Waals surface area (Å²) in [7, 11) is 0. The van der Waals surface area contributed by atoms with Crippen LogP contribution in [0.2, 0.25) is 10.0 Å². The van der Waals surface area contributed by atoms with Crippen LogP contribution in [0, 0.1) is 11.3 Å². The third kappa shape index (κ3) is 3.94. The first-order chi connectivity index (χ1) is 14.5. The van der Waals surface area contributed by atoms with Gasteiger partial charge in [0.15, 0.2) is 0 Å². The minimum atomic E-state index is -0.415. The number of nitrogens with zero attached hydrogens (tertiary/aromatic N) is 3. The van der Waals surface area contributed by atoms with Crippen LogP contribution >= 0.6 is 34.5 Å². The zero-order chi connectivity index (χ0) is 21.3. The standard InChI is InChI=1S/C21H12Cl2N4O2S/c22-14-4-1-12(2-5-14)16-10-30-20-19(16)21(29)27(11-25-20)9-18(28)26-15-6-3-13(8-24)17(23)7-15/h1-7,10-11H,9H2,(H,26,28). The molecule has 0 saturated carbocycles. The molecule has 4 rings (SSSR count). The molecule has 6 nitrogen and oxygen atoms in total. The van der Waals surface area contributed by atoms with Crippen molar-refractivity contribution in [3.63, 3.8) is 0 Å². The number of thiophene rings is 1. The largest absolute Gasteiger partial charge is 0.324 e. The monoisotopic (exact) mass is 454 g/mol. The maximum Gasteiger partial charge on any atom is 0.263 e. The van der Waals surface area contributed by atoms with E-state index < -0.39 is 5.91 Å². The molecule has 30 heavy (non-hydrogen) atoms. The number of fused-ring (bicyclic) bond motifs is 1. The molecule has 1 amide bonds. The number of hydrogen-bond acceptors (Lipinski definition) is 5. The van der Waals surface area contributed by atoms with E-state index in [1.165, 1.54) is 34.4 Å². The topological polar surface area (TPSA) is 87.8 Å². The Kier molecular flexibility index (Phi) is 5.55. The number of carbonyl (C=O) groups is 1. The van der Waals surface area contributed by atoms with Gasteiger partial charge in [-0.3, -0.25) is 14.2 Å². The number of rotatable bonds is 4. The molecule has 148 valence electrons. The van der Waals surface area contributed by atoms with Crippen molar-refractivity contribution in [3.05, 3.63) is 80.1 Å². The Morgan fingerprint density at radius 2 is 1.97 bits per heavy atom. The molecule has 2 aromatic heterocycles. The molecule has 9 heteroatoms. The number of halogens is 2. The van der Waals surface area contributed by atoms with Gasteiger partial charge in [-0.15, -0.1) is 11.3 Å². The number of benzene rings is 2. The lowest BCUT2D eigenvalue weighted by Crippen LogP contribution is -2.27. The molecular formula is C21H12Cl2N4O2S. The van der Waals surface area contributed by atoms with Gasteiger partial charge in [-0.25, -0.2) is 4.98 Å². The molecule has 1 N–H and O–H groups in total. The first-order valence-corrected chi connectivity index (χ1v) is 10.3. The van der Waals surface area contributed by atoms with Gasteiger partial charge in [0.25, 0.3) is 5.56 Å². The van der Waals surface area contributed by atoms with Gasteiger partial charge in [-0.05, 0) is 35.9 Å². The zero-order valence-corrected chi connectivity index (χ0v) is 17.6. The van der Waals surface area contributed by atoms with Gasteiger partial charge in [0.2, 0.25) is 5.91 Å². The number of aromatic nitrogens is 2. The van der Waals surface area contributed by atoms with Crippen LogP contribution < -0.4 is 10.9 Å². The molecule has 0 aliphatic carbocycles. The minimum absolute atomic E-state index is 0.213. The van der Waals surface area contributed by atoms with E-state index in [-0.39, 0.29) is 17.1 Å². The highest BCUT2D eigenvalue weighted by molar-refractivity contribution is 7.17. The average molecular weight is 455 g/mol. The minimum Gasteiger partial charge on any atom is -0.324 e. The van der Waals surface area contributed by atoms with Crippen LogP contribution in [0.25, 0.3) is 21.3 Å². The molecule has 0 aliphatic rings.